The van der Waals surface area contributed by atoms with Crippen LogP contribution in [0.3, 0.4) is 0 Å². The predicted octanol–water partition coefficient (Wildman–Crippen LogP) is 1.56. The zero-order valence-corrected chi connectivity index (χ0v) is 8.19. The van der Waals surface area contributed by atoms with Crippen LogP contribution in [0.4, 0.5) is 0 Å². The molecule has 0 rings (SSSR count). The molecule has 1 N–H and O–H groups in total. The van der Waals surface area contributed by atoms with Crippen LogP contribution in [-0.2, 0) is 9.59 Å². The van der Waals surface area contributed by atoms with E-state index >= 15 is 0 Å². The molecule has 3 nitrogen and oxygen atoms in total. The van der Waals surface area contributed by atoms with Crippen molar-refractivity contribution in [1.82, 2.24) is 0 Å². The van der Waals surface area contributed by atoms with E-state index in [9.17, 15) is 9.59 Å². The molecule has 0 aromatic heterocycles. The Morgan fingerprint density at radius 2 is 2.08 bits per heavy atom. The molecular formula is C8H14O3S. The van der Waals surface area contributed by atoms with Crippen LogP contribution in [0, 0.1) is 0 Å². The summed E-state index contributed by atoms with van der Waals surface area (Å²) in [6, 6.07) is 0. The summed E-state index contributed by atoms with van der Waals surface area (Å²) in [5, 5.41) is 8.54. The van der Waals surface area contributed by atoms with E-state index in [0.29, 0.717) is 6.42 Å². The van der Waals surface area contributed by atoms with Gasteiger partial charge >= 0.3 is 5.97 Å². The third-order valence-electron chi connectivity index (χ3n) is 1.31. The maximum absolute atomic E-state index is 10.9. The zero-order chi connectivity index (χ0) is 9.56. The van der Waals surface area contributed by atoms with Crippen molar-refractivity contribution in [3.05, 3.63) is 0 Å². The largest absolute Gasteiger partial charge is 0.481 e. The van der Waals surface area contributed by atoms with Gasteiger partial charge in [0.2, 0.25) is 0 Å². The number of ketones is 1. The molecule has 0 saturated heterocycles. The summed E-state index contributed by atoms with van der Waals surface area (Å²) in [4.78, 5) is 21.1. The minimum atomic E-state index is -1.03. The van der Waals surface area contributed by atoms with E-state index < -0.39 is 5.97 Å². The maximum Gasteiger partial charge on any atom is 0.310 e. The van der Waals surface area contributed by atoms with E-state index in [4.69, 9.17) is 5.11 Å². The topological polar surface area (TPSA) is 54.4 Å². The van der Waals surface area contributed by atoms with Gasteiger partial charge in [0.25, 0.3) is 0 Å². The first kappa shape index (κ1) is 11.5. The first-order valence-electron chi connectivity index (χ1n) is 3.91. The van der Waals surface area contributed by atoms with Crippen LogP contribution in [0.1, 0.15) is 26.7 Å². The summed E-state index contributed by atoms with van der Waals surface area (Å²) in [5.74, 6) is -0.258. The monoisotopic (exact) mass is 190 g/mol. The molecule has 0 radical (unpaired) electrons. The highest BCUT2D eigenvalue weighted by atomic mass is 32.2. The summed E-state index contributed by atoms with van der Waals surface area (Å²) in [5.41, 5.74) is 0. The van der Waals surface area contributed by atoms with Crippen LogP contribution in [0.5, 0.6) is 0 Å². The Labute approximate surface area is 76.5 Å². The Balaban J connectivity index is 3.61. The molecule has 1 atom stereocenters. The Morgan fingerprint density at radius 1 is 1.50 bits per heavy atom. The second kappa shape index (κ2) is 6.06. The first-order valence-corrected chi connectivity index (χ1v) is 4.96. The van der Waals surface area contributed by atoms with Gasteiger partial charge in [0.05, 0.1) is 0 Å². The number of carboxylic acids is 1. The van der Waals surface area contributed by atoms with Crippen molar-refractivity contribution >= 4 is 23.5 Å². The number of hydrogen-bond donors (Lipinski definition) is 1. The molecule has 12 heavy (non-hydrogen) atoms. The van der Waals surface area contributed by atoms with E-state index in [1.807, 2.05) is 13.8 Å². The second-order valence-corrected chi connectivity index (χ2v) is 4.29. The number of thioether (sulfide) groups is 1. The van der Waals surface area contributed by atoms with Crippen molar-refractivity contribution in [2.24, 2.45) is 0 Å². The minimum absolute atomic E-state index is 0.184. The molecule has 0 aliphatic rings. The third kappa shape index (κ3) is 6.22. The molecule has 70 valence electrons. The van der Waals surface area contributed by atoms with Crippen molar-refractivity contribution in [3.63, 3.8) is 0 Å². The zero-order valence-electron chi connectivity index (χ0n) is 7.37. The number of carbonyl (C=O) groups is 2. The van der Waals surface area contributed by atoms with Crippen LogP contribution in [0.15, 0.2) is 0 Å². The first-order chi connectivity index (χ1) is 5.56. The van der Waals surface area contributed by atoms with Gasteiger partial charge < -0.3 is 5.11 Å². The fourth-order valence-electron chi connectivity index (χ4n) is 0.905. The van der Waals surface area contributed by atoms with Crippen LogP contribution >= 0.6 is 11.8 Å². The van der Waals surface area contributed by atoms with Gasteiger partial charge in [-0.3, -0.25) is 9.59 Å². The molecule has 4 heteroatoms. The van der Waals surface area contributed by atoms with Gasteiger partial charge in [0.15, 0.2) is 0 Å². The standard InChI is InChI=1S/C8H14O3S/c1-3-12-6(2)4-7(9)5-8(10)11/h6H,3-5H2,1-2H3,(H,10,11). The van der Waals surface area contributed by atoms with E-state index in [1.165, 1.54) is 0 Å². The number of aliphatic carboxylic acids is 1. The summed E-state index contributed by atoms with van der Waals surface area (Å²) in [7, 11) is 0. The van der Waals surface area contributed by atoms with Gasteiger partial charge in [-0.25, -0.2) is 0 Å². The second-order valence-electron chi connectivity index (χ2n) is 2.58. The molecule has 0 fully saturated rings. The minimum Gasteiger partial charge on any atom is -0.481 e. The molecule has 0 aliphatic heterocycles. The van der Waals surface area contributed by atoms with Crippen molar-refractivity contribution in [2.45, 2.75) is 31.9 Å². The van der Waals surface area contributed by atoms with Gasteiger partial charge in [-0.2, -0.15) is 11.8 Å². The van der Waals surface area contributed by atoms with Gasteiger partial charge in [-0.05, 0) is 5.75 Å². The Kier molecular flexibility index (Phi) is 5.80. The highest BCUT2D eigenvalue weighted by Gasteiger charge is 2.11. The van der Waals surface area contributed by atoms with E-state index in [-0.39, 0.29) is 17.5 Å². The molecule has 0 bridgehead atoms. The highest BCUT2D eigenvalue weighted by Crippen LogP contribution is 2.13. The lowest BCUT2D eigenvalue weighted by Gasteiger charge is -2.06. The SMILES string of the molecule is CCSC(C)CC(=O)CC(=O)O. The summed E-state index contributed by atoms with van der Waals surface area (Å²) < 4.78 is 0. The lowest BCUT2D eigenvalue weighted by molar-refractivity contribution is -0.140. The summed E-state index contributed by atoms with van der Waals surface area (Å²) in [6.45, 7) is 3.96. The average molecular weight is 190 g/mol. The molecule has 0 aromatic carbocycles. The van der Waals surface area contributed by atoms with Gasteiger partial charge in [-0.1, -0.05) is 13.8 Å². The maximum atomic E-state index is 10.9. The van der Waals surface area contributed by atoms with Crippen molar-refractivity contribution in [3.8, 4) is 0 Å². The van der Waals surface area contributed by atoms with Crippen molar-refractivity contribution in [2.75, 3.05) is 5.75 Å². The number of rotatable bonds is 6. The summed E-state index contributed by atoms with van der Waals surface area (Å²) >= 11 is 1.67. The molecule has 0 saturated carbocycles. The molecule has 1 unspecified atom stereocenters. The van der Waals surface area contributed by atoms with Gasteiger partial charge in [-0.15, -0.1) is 0 Å². The molecule has 0 heterocycles. The lowest BCUT2D eigenvalue weighted by Crippen LogP contribution is -2.11. The normalized spacial score (nSPS) is 12.5. The predicted molar refractivity (Wildman–Crippen MR) is 49.5 cm³/mol. The van der Waals surface area contributed by atoms with Crippen LogP contribution < -0.4 is 0 Å². The molecule has 0 spiro atoms. The van der Waals surface area contributed by atoms with Crippen molar-refractivity contribution < 1.29 is 14.7 Å². The molecular weight excluding hydrogens is 176 g/mol. The third-order valence-corrected chi connectivity index (χ3v) is 2.38. The van der Waals surface area contributed by atoms with Crippen LogP contribution in [0.2, 0.25) is 0 Å². The van der Waals surface area contributed by atoms with Crippen molar-refractivity contribution in [1.29, 1.82) is 0 Å². The fourth-order valence-corrected chi connectivity index (χ4v) is 1.78. The number of carboxylic acid groups (broad SMARTS) is 1. The lowest BCUT2D eigenvalue weighted by atomic mass is 10.2. The van der Waals surface area contributed by atoms with Crippen LogP contribution in [0.25, 0.3) is 0 Å². The molecule has 0 aromatic rings. The van der Waals surface area contributed by atoms with E-state index in [1.54, 1.807) is 11.8 Å². The highest BCUT2D eigenvalue weighted by molar-refractivity contribution is 7.99. The number of carbonyl (C=O) groups excluding carboxylic acids is 1. The Hall–Kier alpha value is -0.510. The van der Waals surface area contributed by atoms with E-state index in [2.05, 4.69) is 0 Å². The number of Topliss-reactive ketones (excluding diaryl/α,β-unsaturated/α-hetero) is 1. The van der Waals surface area contributed by atoms with Gasteiger partial charge in [0.1, 0.15) is 12.2 Å². The van der Waals surface area contributed by atoms with Gasteiger partial charge in [0, 0.05) is 11.7 Å². The Bertz CT molecular complexity index is 168. The van der Waals surface area contributed by atoms with E-state index in [0.717, 1.165) is 5.75 Å². The quantitative estimate of drug-likeness (QED) is 0.646. The molecule has 0 aliphatic carbocycles. The fraction of sp³-hybridized carbons (Fsp3) is 0.750. The number of hydrogen-bond acceptors (Lipinski definition) is 3. The average Bonchev–Trinajstić information content (AvgIpc) is 1.84. The smallest absolute Gasteiger partial charge is 0.310 e. The summed E-state index contributed by atoms with van der Waals surface area (Å²) in [6.07, 6.45) is 0.0272. The Morgan fingerprint density at radius 3 is 2.50 bits per heavy atom. The van der Waals surface area contributed by atoms with Crippen LogP contribution in [-0.4, -0.2) is 27.9 Å². The molecule has 0 amide bonds.